The Hall–Kier alpha value is -2.15. The molecule has 7 nitrogen and oxygen atoms in total. The molecular weight excluding hydrogens is 298 g/mol. The number of fused-ring (bicyclic) bond motifs is 1. The fourth-order valence-electron chi connectivity index (χ4n) is 3.60. The monoisotopic (exact) mass is 317 g/mol. The zero-order valence-corrected chi connectivity index (χ0v) is 13.2. The van der Waals surface area contributed by atoms with E-state index in [9.17, 15) is 4.79 Å². The number of aryl methyl sites for hydroxylation is 2. The highest BCUT2D eigenvalue weighted by Gasteiger charge is 2.44. The first-order valence-corrected chi connectivity index (χ1v) is 7.90. The third kappa shape index (κ3) is 2.45. The van der Waals surface area contributed by atoms with Crippen LogP contribution >= 0.6 is 0 Å². The van der Waals surface area contributed by atoms with Gasteiger partial charge in [0.25, 0.3) is 5.91 Å². The van der Waals surface area contributed by atoms with E-state index in [2.05, 4.69) is 10.1 Å². The Labute approximate surface area is 133 Å². The van der Waals surface area contributed by atoms with Crippen LogP contribution in [0, 0.1) is 13.8 Å². The fraction of sp³-hybridized carbons (Fsp3) is 0.562. The molecule has 122 valence electrons. The summed E-state index contributed by atoms with van der Waals surface area (Å²) in [6.07, 6.45) is 3.24. The second-order valence-electron chi connectivity index (χ2n) is 6.23. The summed E-state index contributed by atoms with van der Waals surface area (Å²) in [6.45, 7) is 4.84. The molecule has 2 saturated heterocycles. The first-order chi connectivity index (χ1) is 11.1. The highest BCUT2D eigenvalue weighted by molar-refractivity contribution is 5.95. The molecule has 0 saturated carbocycles. The van der Waals surface area contributed by atoms with Crippen LogP contribution < -0.4 is 0 Å². The number of likely N-dealkylation sites (tertiary alicyclic amines) is 1. The van der Waals surface area contributed by atoms with Crippen LogP contribution in [0.25, 0.3) is 0 Å². The van der Waals surface area contributed by atoms with Crippen LogP contribution in [0.2, 0.25) is 0 Å². The summed E-state index contributed by atoms with van der Waals surface area (Å²) in [5, 5.41) is 3.87. The molecular formula is C16H19N3O4. The van der Waals surface area contributed by atoms with Gasteiger partial charge < -0.3 is 18.6 Å². The Morgan fingerprint density at radius 2 is 2.26 bits per heavy atom. The molecule has 2 aliphatic heterocycles. The molecule has 7 heteroatoms. The van der Waals surface area contributed by atoms with Crippen LogP contribution in [0.3, 0.4) is 0 Å². The highest BCUT2D eigenvalue weighted by Crippen LogP contribution is 2.36. The van der Waals surface area contributed by atoms with Gasteiger partial charge in [-0.05, 0) is 32.8 Å². The van der Waals surface area contributed by atoms with Gasteiger partial charge in [0.1, 0.15) is 5.76 Å². The molecule has 4 rings (SSSR count). The van der Waals surface area contributed by atoms with E-state index in [0.29, 0.717) is 36.2 Å². The van der Waals surface area contributed by atoms with Gasteiger partial charge >= 0.3 is 0 Å². The first kappa shape index (κ1) is 14.4. The summed E-state index contributed by atoms with van der Waals surface area (Å²) in [4.78, 5) is 19.2. The van der Waals surface area contributed by atoms with Gasteiger partial charge in [0.2, 0.25) is 5.89 Å². The van der Waals surface area contributed by atoms with Crippen LogP contribution in [0.5, 0.6) is 0 Å². The summed E-state index contributed by atoms with van der Waals surface area (Å²) in [7, 11) is 0. The number of piperidine rings is 1. The van der Waals surface area contributed by atoms with Gasteiger partial charge in [0.05, 0.1) is 29.9 Å². The summed E-state index contributed by atoms with van der Waals surface area (Å²) in [5.41, 5.74) is 0.609. The van der Waals surface area contributed by atoms with Crippen LogP contribution in [-0.2, 0) is 4.74 Å². The number of carbonyl (C=O) groups excluding carboxylic acids is 1. The Bertz CT molecular complexity index is 722. The van der Waals surface area contributed by atoms with E-state index in [1.807, 2.05) is 4.90 Å². The predicted molar refractivity (Wildman–Crippen MR) is 79.0 cm³/mol. The van der Waals surface area contributed by atoms with Gasteiger partial charge in [-0.3, -0.25) is 4.79 Å². The maximum Gasteiger partial charge on any atom is 0.257 e. The Morgan fingerprint density at radius 1 is 1.39 bits per heavy atom. The summed E-state index contributed by atoms with van der Waals surface area (Å²) in [5.74, 6) is 1.82. The second-order valence-corrected chi connectivity index (χ2v) is 6.23. The minimum atomic E-state index is -0.0160. The van der Waals surface area contributed by atoms with Gasteiger partial charge in [-0.15, -0.1) is 0 Å². The lowest BCUT2D eigenvalue weighted by Crippen LogP contribution is -2.51. The summed E-state index contributed by atoms with van der Waals surface area (Å²) < 4.78 is 16.4. The van der Waals surface area contributed by atoms with E-state index in [1.54, 1.807) is 26.2 Å². The fourth-order valence-corrected chi connectivity index (χ4v) is 3.60. The molecule has 2 aromatic heterocycles. The SMILES string of the molecule is Cc1noc([C@H]2C[C@@H]3OCC[C@@H]3N(C(=O)c3ccoc3C)C2)n1. The van der Waals surface area contributed by atoms with Crippen molar-refractivity contribution < 1.29 is 18.5 Å². The van der Waals surface area contributed by atoms with Crippen LogP contribution in [0.15, 0.2) is 21.3 Å². The number of rotatable bonds is 2. The van der Waals surface area contributed by atoms with Crippen molar-refractivity contribution in [3.8, 4) is 0 Å². The van der Waals surface area contributed by atoms with Crippen molar-refractivity contribution in [1.82, 2.24) is 15.0 Å². The summed E-state index contributed by atoms with van der Waals surface area (Å²) in [6, 6.07) is 1.83. The molecule has 4 heterocycles. The number of ether oxygens (including phenoxy) is 1. The lowest BCUT2D eigenvalue weighted by Gasteiger charge is -2.39. The Kier molecular flexibility index (Phi) is 3.45. The minimum Gasteiger partial charge on any atom is -0.469 e. The highest BCUT2D eigenvalue weighted by atomic mass is 16.5. The van der Waals surface area contributed by atoms with Crippen molar-refractivity contribution in [2.24, 2.45) is 0 Å². The predicted octanol–water partition coefficient (Wildman–Crippen LogP) is 2.07. The number of nitrogens with zero attached hydrogens (tertiary/aromatic N) is 3. The Balaban J connectivity index is 1.63. The molecule has 0 bridgehead atoms. The molecule has 2 aromatic rings. The van der Waals surface area contributed by atoms with E-state index < -0.39 is 0 Å². The molecule has 1 amide bonds. The van der Waals surface area contributed by atoms with Crippen molar-refractivity contribution >= 4 is 5.91 Å². The number of amides is 1. The number of furan rings is 1. The van der Waals surface area contributed by atoms with E-state index in [4.69, 9.17) is 13.7 Å². The number of aromatic nitrogens is 2. The van der Waals surface area contributed by atoms with Gasteiger partial charge in [0, 0.05) is 13.2 Å². The lowest BCUT2D eigenvalue weighted by molar-refractivity contribution is 0.0123. The zero-order chi connectivity index (χ0) is 16.0. The number of hydrogen-bond donors (Lipinski definition) is 0. The third-order valence-electron chi connectivity index (χ3n) is 4.75. The Morgan fingerprint density at radius 3 is 2.96 bits per heavy atom. The van der Waals surface area contributed by atoms with Gasteiger partial charge in [-0.25, -0.2) is 0 Å². The third-order valence-corrected chi connectivity index (χ3v) is 4.75. The standard InChI is InChI=1S/C16H19N3O4/c1-9-12(3-5-21-9)16(20)19-8-11(15-17-10(2)18-23-15)7-14-13(19)4-6-22-14/h3,5,11,13-14H,4,6-8H2,1-2H3/t11-,13-,14-/m0/s1. The molecule has 0 unspecified atom stereocenters. The van der Waals surface area contributed by atoms with Gasteiger partial charge in [-0.1, -0.05) is 5.16 Å². The molecule has 2 fully saturated rings. The molecule has 2 aliphatic rings. The normalized spacial score (nSPS) is 27.2. The topological polar surface area (TPSA) is 81.6 Å². The molecule has 23 heavy (non-hydrogen) atoms. The van der Waals surface area contributed by atoms with E-state index in [0.717, 1.165) is 12.8 Å². The average Bonchev–Trinajstić information content (AvgIpc) is 3.25. The molecule has 0 radical (unpaired) electrons. The van der Waals surface area contributed by atoms with Crippen molar-refractivity contribution in [3.05, 3.63) is 35.4 Å². The van der Waals surface area contributed by atoms with Gasteiger partial charge in [0.15, 0.2) is 5.82 Å². The van der Waals surface area contributed by atoms with E-state index >= 15 is 0 Å². The van der Waals surface area contributed by atoms with Crippen molar-refractivity contribution in [2.45, 2.75) is 44.8 Å². The zero-order valence-electron chi connectivity index (χ0n) is 13.2. The van der Waals surface area contributed by atoms with E-state index in [1.165, 1.54) is 0 Å². The van der Waals surface area contributed by atoms with Crippen molar-refractivity contribution in [1.29, 1.82) is 0 Å². The number of carbonyl (C=O) groups is 1. The van der Waals surface area contributed by atoms with E-state index in [-0.39, 0.29) is 24.0 Å². The van der Waals surface area contributed by atoms with Crippen molar-refractivity contribution in [3.63, 3.8) is 0 Å². The van der Waals surface area contributed by atoms with Crippen LogP contribution in [0.4, 0.5) is 0 Å². The second kappa shape index (κ2) is 5.49. The maximum atomic E-state index is 13.0. The minimum absolute atomic E-state index is 0.00621. The molecule has 0 spiro atoms. The number of hydrogen-bond acceptors (Lipinski definition) is 6. The van der Waals surface area contributed by atoms with Crippen LogP contribution in [0.1, 0.15) is 46.6 Å². The molecule has 0 N–H and O–H groups in total. The van der Waals surface area contributed by atoms with Gasteiger partial charge in [-0.2, -0.15) is 4.98 Å². The quantitative estimate of drug-likeness (QED) is 0.843. The smallest absolute Gasteiger partial charge is 0.257 e. The molecule has 3 atom stereocenters. The summed E-state index contributed by atoms with van der Waals surface area (Å²) >= 11 is 0. The van der Waals surface area contributed by atoms with Crippen LogP contribution in [-0.4, -0.2) is 46.2 Å². The first-order valence-electron chi connectivity index (χ1n) is 7.90. The van der Waals surface area contributed by atoms with Crippen molar-refractivity contribution in [2.75, 3.05) is 13.2 Å². The molecule has 0 aromatic carbocycles. The molecule has 0 aliphatic carbocycles. The largest absolute Gasteiger partial charge is 0.469 e. The maximum absolute atomic E-state index is 13.0. The average molecular weight is 317 g/mol. The lowest BCUT2D eigenvalue weighted by atomic mass is 9.89.